The van der Waals surface area contributed by atoms with Crippen LogP contribution in [0.25, 0.3) is 6.08 Å². The van der Waals surface area contributed by atoms with E-state index in [1.165, 1.54) is 6.92 Å². The highest BCUT2D eigenvalue weighted by Gasteiger charge is 2.05. The molecule has 0 saturated carbocycles. The fourth-order valence-corrected chi connectivity index (χ4v) is 2.52. The topological polar surface area (TPSA) is 37.4 Å². The third-order valence-electron chi connectivity index (χ3n) is 4.02. The number of ketones is 2. The maximum Gasteiger partial charge on any atom is 0.185 e. The number of carbonyl (C=O) groups excluding carboxylic acids is 2. The average Bonchev–Trinajstić information content (AvgIpc) is 2.61. The predicted octanol–water partition coefficient (Wildman–Crippen LogP) is 4.63. The number of benzene rings is 2. The second-order valence-corrected chi connectivity index (χ2v) is 5.59. The molecule has 2 aromatic carbocycles. The van der Waals surface area contributed by atoms with Crippen LogP contribution in [0.4, 0.5) is 5.69 Å². The predicted molar refractivity (Wildman–Crippen MR) is 99.8 cm³/mol. The summed E-state index contributed by atoms with van der Waals surface area (Å²) >= 11 is 0. The van der Waals surface area contributed by atoms with Gasteiger partial charge in [-0.15, -0.1) is 0 Å². The Morgan fingerprint density at radius 2 is 1.42 bits per heavy atom. The molecule has 3 nitrogen and oxygen atoms in total. The van der Waals surface area contributed by atoms with Crippen LogP contribution in [0.3, 0.4) is 0 Å². The van der Waals surface area contributed by atoms with Crippen molar-refractivity contribution in [1.82, 2.24) is 0 Å². The van der Waals surface area contributed by atoms with Crippen molar-refractivity contribution in [2.75, 3.05) is 18.0 Å². The van der Waals surface area contributed by atoms with Crippen molar-refractivity contribution in [2.24, 2.45) is 0 Å². The monoisotopic (exact) mass is 321 g/mol. The average molecular weight is 321 g/mol. The number of allylic oxidation sites excluding steroid dienone is 1. The molecule has 0 aliphatic heterocycles. The summed E-state index contributed by atoms with van der Waals surface area (Å²) in [5.41, 5.74) is 3.36. The summed E-state index contributed by atoms with van der Waals surface area (Å²) in [6, 6.07) is 14.9. The SMILES string of the molecule is CCN(CC)c1ccc(C(=O)C=Cc2ccc(C(C)=O)cc2)cc1. The van der Waals surface area contributed by atoms with E-state index in [1.807, 2.05) is 36.4 Å². The Labute approximate surface area is 143 Å². The van der Waals surface area contributed by atoms with Crippen molar-refractivity contribution in [3.05, 3.63) is 71.3 Å². The van der Waals surface area contributed by atoms with E-state index in [2.05, 4.69) is 18.7 Å². The van der Waals surface area contributed by atoms with Gasteiger partial charge < -0.3 is 4.90 Å². The van der Waals surface area contributed by atoms with E-state index < -0.39 is 0 Å². The van der Waals surface area contributed by atoms with Gasteiger partial charge in [0.05, 0.1) is 0 Å². The minimum Gasteiger partial charge on any atom is -0.372 e. The molecular formula is C21H23NO2. The van der Waals surface area contributed by atoms with Crippen molar-refractivity contribution in [3.63, 3.8) is 0 Å². The number of Topliss-reactive ketones (excluding diaryl/α,β-unsaturated/α-hetero) is 1. The maximum absolute atomic E-state index is 12.3. The Hall–Kier alpha value is -2.68. The van der Waals surface area contributed by atoms with E-state index in [0.29, 0.717) is 11.1 Å². The van der Waals surface area contributed by atoms with Crippen LogP contribution in [-0.4, -0.2) is 24.7 Å². The van der Waals surface area contributed by atoms with Crippen molar-refractivity contribution >= 4 is 23.3 Å². The number of rotatable bonds is 7. The first-order chi connectivity index (χ1) is 11.5. The highest BCUT2D eigenvalue weighted by Crippen LogP contribution is 2.16. The normalized spacial score (nSPS) is 10.8. The molecule has 0 aromatic heterocycles. The Bertz CT molecular complexity index is 723. The molecule has 0 unspecified atom stereocenters. The van der Waals surface area contributed by atoms with Gasteiger partial charge in [0.1, 0.15) is 0 Å². The van der Waals surface area contributed by atoms with Gasteiger partial charge in [-0.2, -0.15) is 0 Å². The third-order valence-corrected chi connectivity index (χ3v) is 4.02. The van der Waals surface area contributed by atoms with E-state index in [1.54, 1.807) is 24.3 Å². The first-order valence-electron chi connectivity index (χ1n) is 8.23. The van der Waals surface area contributed by atoms with Crippen LogP contribution in [0.5, 0.6) is 0 Å². The third kappa shape index (κ3) is 4.42. The van der Waals surface area contributed by atoms with Gasteiger partial charge in [-0.3, -0.25) is 9.59 Å². The molecule has 0 heterocycles. The summed E-state index contributed by atoms with van der Waals surface area (Å²) in [5.74, 6) is 0.00615. The molecule has 0 spiro atoms. The largest absolute Gasteiger partial charge is 0.372 e. The van der Waals surface area contributed by atoms with Gasteiger partial charge in [0.15, 0.2) is 11.6 Å². The maximum atomic E-state index is 12.3. The van der Waals surface area contributed by atoms with Gasteiger partial charge in [-0.1, -0.05) is 30.3 Å². The molecule has 0 bridgehead atoms. The molecule has 0 atom stereocenters. The van der Waals surface area contributed by atoms with Gasteiger partial charge in [0, 0.05) is 29.9 Å². The van der Waals surface area contributed by atoms with Crippen LogP contribution in [0.1, 0.15) is 47.1 Å². The van der Waals surface area contributed by atoms with Crippen LogP contribution in [0.2, 0.25) is 0 Å². The summed E-state index contributed by atoms with van der Waals surface area (Å²) in [4.78, 5) is 25.7. The summed E-state index contributed by atoms with van der Waals surface area (Å²) in [6.07, 6.45) is 3.33. The van der Waals surface area contributed by atoms with Crippen molar-refractivity contribution < 1.29 is 9.59 Å². The van der Waals surface area contributed by atoms with Gasteiger partial charge in [0.2, 0.25) is 0 Å². The Morgan fingerprint density at radius 3 is 1.92 bits per heavy atom. The zero-order valence-corrected chi connectivity index (χ0v) is 14.5. The molecule has 0 aliphatic rings. The van der Waals surface area contributed by atoms with Crippen molar-refractivity contribution in [1.29, 1.82) is 0 Å². The molecule has 0 amide bonds. The lowest BCUT2D eigenvalue weighted by atomic mass is 10.1. The fourth-order valence-electron chi connectivity index (χ4n) is 2.52. The summed E-state index contributed by atoms with van der Waals surface area (Å²) in [7, 11) is 0. The summed E-state index contributed by atoms with van der Waals surface area (Å²) in [5, 5.41) is 0. The number of carbonyl (C=O) groups is 2. The number of hydrogen-bond acceptors (Lipinski definition) is 3. The first kappa shape index (κ1) is 17.7. The highest BCUT2D eigenvalue weighted by molar-refractivity contribution is 6.07. The molecule has 0 N–H and O–H groups in total. The second kappa shape index (κ2) is 8.25. The zero-order chi connectivity index (χ0) is 17.5. The first-order valence-corrected chi connectivity index (χ1v) is 8.23. The lowest BCUT2D eigenvalue weighted by molar-refractivity contribution is 0.101. The van der Waals surface area contributed by atoms with Crippen molar-refractivity contribution in [2.45, 2.75) is 20.8 Å². The highest BCUT2D eigenvalue weighted by atomic mass is 16.1. The van der Waals surface area contributed by atoms with Gasteiger partial charge in [0.25, 0.3) is 0 Å². The smallest absolute Gasteiger partial charge is 0.185 e. The second-order valence-electron chi connectivity index (χ2n) is 5.59. The van der Waals surface area contributed by atoms with Crippen LogP contribution < -0.4 is 4.90 Å². The number of anilines is 1. The minimum absolute atomic E-state index is 0.0308. The van der Waals surface area contributed by atoms with E-state index in [0.717, 1.165) is 24.3 Å². The number of hydrogen-bond donors (Lipinski definition) is 0. The van der Waals surface area contributed by atoms with Crippen LogP contribution >= 0.6 is 0 Å². The molecule has 0 fully saturated rings. The molecule has 24 heavy (non-hydrogen) atoms. The summed E-state index contributed by atoms with van der Waals surface area (Å²) < 4.78 is 0. The molecule has 0 saturated heterocycles. The minimum atomic E-state index is -0.0308. The van der Waals surface area contributed by atoms with Gasteiger partial charge in [-0.25, -0.2) is 0 Å². The fraction of sp³-hybridized carbons (Fsp3) is 0.238. The zero-order valence-electron chi connectivity index (χ0n) is 14.5. The standard InChI is InChI=1S/C21H23NO2/c1-4-22(5-2)20-13-11-19(12-14-20)21(24)15-8-17-6-9-18(10-7-17)16(3)23/h6-15H,4-5H2,1-3H3. The summed E-state index contributed by atoms with van der Waals surface area (Å²) in [6.45, 7) is 7.65. The number of nitrogens with zero attached hydrogens (tertiary/aromatic N) is 1. The van der Waals surface area contributed by atoms with Crippen molar-refractivity contribution in [3.8, 4) is 0 Å². The van der Waals surface area contributed by atoms with Gasteiger partial charge >= 0.3 is 0 Å². The molecule has 3 heteroatoms. The van der Waals surface area contributed by atoms with E-state index in [9.17, 15) is 9.59 Å². The van der Waals surface area contributed by atoms with Crippen LogP contribution in [0, 0.1) is 0 Å². The van der Waals surface area contributed by atoms with E-state index in [4.69, 9.17) is 0 Å². The Balaban J connectivity index is 2.07. The quantitative estimate of drug-likeness (QED) is 0.551. The Morgan fingerprint density at radius 1 is 0.875 bits per heavy atom. The molecule has 2 rings (SSSR count). The molecule has 124 valence electrons. The molecular weight excluding hydrogens is 298 g/mol. The molecule has 0 radical (unpaired) electrons. The molecule has 0 aliphatic carbocycles. The lowest BCUT2D eigenvalue weighted by Gasteiger charge is -2.20. The van der Waals surface area contributed by atoms with E-state index in [-0.39, 0.29) is 11.6 Å². The lowest BCUT2D eigenvalue weighted by Crippen LogP contribution is -2.21. The van der Waals surface area contributed by atoms with E-state index >= 15 is 0 Å². The molecule has 2 aromatic rings. The van der Waals surface area contributed by atoms with Gasteiger partial charge in [-0.05, 0) is 56.7 Å². The van der Waals surface area contributed by atoms with Crippen LogP contribution in [-0.2, 0) is 0 Å². The Kier molecular flexibility index (Phi) is 6.07. The van der Waals surface area contributed by atoms with Crippen LogP contribution in [0.15, 0.2) is 54.6 Å².